The molecule has 0 aliphatic carbocycles. The Balaban J connectivity index is 1.63. The van der Waals surface area contributed by atoms with Gasteiger partial charge >= 0.3 is 12.0 Å². The molecule has 12 heteroatoms. The van der Waals surface area contributed by atoms with Crippen LogP contribution in [-0.4, -0.2) is 49.3 Å². The van der Waals surface area contributed by atoms with E-state index in [9.17, 15) is 9.59 Å². The molecule has 2 amide bonds. The molecular weight excluding hydrogens is 503 g/mol. The maximum Gasteiger partial charge on any atom is 0.322 e. The smallest absolute Gasteiger partial charge is 0.322 e. The van der Waals surface area contributed by atoms with Crippen LogP contribution in [0.1, 0.15) is 36.6 Å². The summed E-state index contributed by atoms with van der Waals surface area (Å²) >= 11 is 18.0. The minimum Gasteiger partial charge on any atom is -0.461 e. The van der Waals surface area contributed by atoms with Gasteiger partial charge in [0.2, 0.25) is 0 Å². The van der Waals surface area contributed by atoms with Crippen LogP contribution < -0.4 is 5.32 Å². The fraction of sp³-hybridized carbons (Fsp3) is 0.318. The molecule has 0 bridgehead atoms. The molecule has 1 N–H and O–H groups in total. The first-order chi connectivity index (χ1) is 16.2. The van der Waals surface area contributed by atoms with E-state index >= 15 is 0 Å². The Morgan fingerprint density at radius 2 is 1.85 bits per heavy atom. The zero-order valence-corrected chi connectivity index (χ0v) is 20.6. The number of nitrogens with one attached hydrogen (secondary N) is 1. The number of benzene rings is 1. The van der Waals surface area contributed by atoms with Gasteiger partial charge in [0.25, 0.3) is 0 Å². The van der Waals surface area contributed by atoms with Gasteiger partial charge in [0.15, 0.2) is 11.0 Å². The van der Waals surface area contributed by atoms with E-state index in [-0.39, 0.29) is 16.9 Å². The quantitative estimate of drug-likeness (QED) is 0.377. The van der Waals surface area contributed by atoms with Crippen molar-refractivity contribution < 1.29 is 14.3 Å². The number of carbonyl (C=O) groups is 2. The van der Waals surface area contributed by atoms with Crippen LogP contribution in [0.4, 0.5) is 10.5 Å². The van der Waals surface area contributed by atoms with E-state index in [2.05, 4.69) is 20.5 Å². The molecule has 2 atom stereocenters. The Kier molecular flexibility index (Phi) is 7.25. The van der Waals surface area contributed by atoms with Gasteiger partial charge in [0.05, 0.1) is 24.8 Å². The van der Waals surface area contributed by atoms with Crippen molar-refractivity contribution in [1.29, 1.82) is 0 Å². The van der Waals surface area contributed by atoms with Crippen LogP contribution in [0, 0.1) is 6.92 Å². The summed E-state index contributed by atoms with van der Waals surface area (Å²) in [5, 5.41) is 12.3. The largest absolute Gasteiger partial charge is 0.461 e. The van der Waals surface area contributed by atoms with Gasteiger partial charge in [-0.15, -0.1) is 10.2 Å². The van der Waals surface area contributed by atoms with Crippen molar-refractivity contribution >= 4 is 52.5 Å². The lowest BCUT2D eigenvalue weighted by atomic mass is 10.1. The van der Waals surface area contributed by atoms with Crippen LogP contribution in [0.15, 0.2) is 36.4 Å². The van der Waals surface area contributed by atoms with Crippen molar-refractivity contribution in [3.63, 3.8) is 0 Å². The van der Waals surface area contributed by atoms with E-state index in [4.69, 9.17) is 39.5 Å². The number of urea groups is 1. The molecule has 1 saturated heterocycles. The maximum absolute atomic E-state index is 13.3. The summed E-state index contributed by atoms with van der Waals surface area (Å²) in [5.41, 5.74) is 1.31. The second kappa shape index (κ2) is 10.2. The van der Waals surface area contributed by atoms with Crippen LogP contribution in [0.5, 0.6) is 0 Å². The minimum atomic E-state index is -0.493. The Labute approximate surface area is 211 Å². The molecule has 1 fully saturated rings. The van der Waals surface area contributed by atoms with E-state index in [1.807, 2.05) is 35.8 Å². The highest BCUT2D eigenvalue weighted by Crippen LogP contribution is 2.34. The molecule has 3 aromatic rings. The fourth-order valence-electron chi connectivity index (χ4n) is 3.89. The first-order valence-electron chi connectivity index (χ1n) is 10.4. The second-order valence-corrected chi connectivity index (χ2v) is 9.04. The summed E-state index contributed by atoms with van der Waals surface area (Å²) in [6, 6.07) is 9.62. The van der Waals surface area contributed by atoms with Crippen LogP contribution in [0.2, 0.25) is 15.3 Å². The van der Waals surface area contributed by atoms with Crippen molar-refractivity contribution in [1.82, 2.24) is 24.6 Å². The predicted octanol–water partition coefficient (Wildman–Crippen LogP) is 4.90. The number of halogens is 3. The number of rotatable bonds is 5. The number of aryl methyl sites for hydroxylation is 1. The van der Waals surface area contributed by atoms with Gasteiger partial charge in [-0.3, -0.25) is 4.79 Å². The third kappa shape index (κ3) is 5.43. The second-order valence-electron chi connectivity index (χ2n) is 7.86. The van der Waals surface area contributed by atoms with E-state index in [0.717, 1.165) is 5.56 Å². The summed E-state index contributed by atoms with van der Waals surface area (Å²) in [6.07, 6.45) is -0.119. The average molecular weight is 524 g/mol. The molecule has 1 aromatic carbocycles. The van der Waals surface area contributed by atoms with Gasteiger partial charge in [0.1, 0.15) is 17.1 Å². The van der Waals surface area contributed by atoms with Crippen LogP contribution in [0.25, 0.3) is 0 Å². The number of esters is 1. The number of nitrogens with zero attached hydrogens (tertiary/aromatic N) is 5. The van der Waals surface area contributed by atoms with Gasteiger partial charge in [0, 0.05) is 18.4 Å². The van der Waals surface area contributed by atoms with Gasteiger partial charge in [-0.25, -0.2) is 9.78 Å². The summed E-state index contributed by atoms with van der Waals surface area (Å²) < 4.78 is 7.35. The number of hydrogen-bond acceptors (Lipinski definition) is 6. The summed E-state index contributed by atoms with van der Waals surface area (Å²) in [5.74, 6) is 0.846. The monoisotopic (exact) mass is 522 g/mol. The molecule has 0 spiro atoms. The number of ether oxygens (including phenoxy) is 1. The molecule has 9 nitrogen and oxygen atoms in total. The highest BCUT2D eigenvalue weighted by molar-refractivity contribution is 6.34. The number of anilines is 1. The van der Waals surface area contributed by atoms with Gasteiger partial charge in [-0.05, 0) is 36.8 Å². The van der Waals surface area contributed by atoms with E-state index in [0.29, 0.717) is 35.3 Å². The molecule has 178 valence electrons. The molecule has 0 saturated carbocycles. The standard InChI is InChI=1S/C22H21Cl3N6O3/c1-12-28-29-21(30(12)10-14-3-5-15(23)6-4-14)18-9-16(34-13(2)32)11-31(18)22(33)26-17-7-8-19(24)27-20(17)25/h3-8,16,18H,9-11H2,1-2H3,(H,26,33)/t16-,18-/m1/s1. The molecule has 34 heavy (non-hydrogen) atoms. The molecular formula is C22H21Cl3N6O3. The van der Waals surface area contributed by atoms with Crippen molar-refractivity contribution in [3.05, 3.63) is 68.9 Å². The molecule has 1 aliphatic heterocycles. The SMILES string of the molecule is CC(=O)O[C@@H]1C[C@H](c2nnc(C)n2Cc2ccc(Cl)cc2)N(C(=O)Nc2ccc(Cl)nc2Cl)C1. The van der Waals surface area contributed by atoms with Crippen LogP contribution in [0.3, 0.4) is 0 Å². The van der Waals surface area contributed by atoms with Crippen LogP contribution >= 0.6 is 34.8 Å². The molecule has 4 rings (SSSR count). The maximum atomic E-state index is 13.3. The number of likely N-dealkylation sites (tertiary alicyclic amines) is 1. The summed E-state index contributed by atoms with van der Waals surface area (Å²) in [6.45, 7) is 3.85. The fourth-order valence-corrected chi connectivity index (χ4v) is 4.41. The summed E-state index contributed by atoms with van der Waals surface area (Å²) in [7, 11) is 0. The van der Waals surface area contributed by atoms with E-state index < -0.39 is 24.1 Å². The highest BCUT2D eigenvalue weighted by Gasteiger charge is 2.41. The van der Waals surface area contributed by atoms with Crippen LogP contribution in [-0.2, 0) is 16.1 Å². The van der Waals surface area contributed by atoms with Crippen molar-refractivity contribution in [3.8, 4) is 0 Å². The van der Waals surface area contributed by atoms with Gasteiger partial charge in [-0.2, -0.15) is 0 Å². The number of hydrogen-bond donors (Lipinski definition) is 1. The van der Waals surface area contributed by atoms with Gasteiger partial charge < -0.3 is 19.5 Å². The molecule has 0 unspecified atom stereocenters. The van der Waals surface area contributed by atoms with E-state index in [1.54, 1.807) is 11.0 Å². The lowest BCUT2D eigenvalue weighted by molar-refractivity contribution is -0.145. The average Bonchev–Trinajstić information content (AvgIpc) is 3.34. The first kappa shape index (κ1) is 24.3. The Morgan fingerprint density at radius 3 is 2.53 bits per heavy atom. The number of amides is 2. The van der Waals surface area contributed by atoms with Gasteiger partial charge in [-0.1, -0.05) is 46.9 Å². The molecule has 1 aliphatic rings. The third-order valence-corrected chi connectivity index (χ3v) is 6.18. The van der Waals surface area contributed by atoms with Crippen molar-refractivity contribution in [2.24, 2.45) is 0 Å². The number of aromatic nitrogens is 4. The van der Waals surface area contributed by atoms with Crippen molar-refractivity contribution in [2.45, 2.75) is 39.0 Å². The molecule has 3 heterocycles. The van der Waals surface area contributed by atoms with Crippen molar-refractivity contribution in [2.75, 3.05) is 11.9 Å². The molecule has 0 radical (unpaired) electrons. The highest BCUT2D eigenvalue weighted by atomic mass is 35.5. The Morgan fingerprint density at radius 1 is 1.12 bits per heavy atom. The van der Waals surface area contributed by atoms with E-state index in [1.165, 1.54) is 13.0 Å². The summed E-state index contributed by atoms with van der Waals surface area (Å²) in [4.78, 5) is 30.4. The Hall–Kier alpha value is -2.88. The third-order valence-electron chi connectivity index (χ3n) is 5.43. The normalized spacial score (nSPS) is 17.6. The predicted molar refractivity (Wildman–Crippen MR) is 128 cm³/mol. The zero-order chi connectivity index (χ0) is 24.4. The number of pyridine rings is 1. The zero-order valence-electron chi connectivity index (χ0n) is 18.3. The topological polar surface area (TPSA) is 102 Å². The Bertz CT molecular complexity index is 1220. The lowest BCUT2D eigenvalue weighted by Crippen LogP contribution is -2.37. The molecule has 2 aromatic heterocycles. The number of carbonyl (C=O) groups excluding carboxylic acids is 2. The lowest BCUT2D eigenvalue weighted by Gasteiger charge is -2.25. The minimum absolute atomic E-state index is 0.0647. The first-order valence-corrected chi connectivity index (χ1v) is 11.6.